The van der Waals surface area contributed by atoms with Crippen molar-refractivity contribution in [3.05, 3.63) is 36.3 Å². The van der Waals surface area contributed by atoms with E-state index in [0.717, 1.165) is 18.5 Å². The van der Waals surface area contributed by atoms with Crippen LogP contribution in [-0.2, 0) is 0 Å². The maximum absolute atomic E-state index is 12.3. The van der Waals surface area contributed by atoms with Crippen LogP contribution in [0.1, 0.15) is 23.3 Å². The molecule has 2 fully saturated rings. The van der Waals surface area contributed by atoms with Gasteiger partial charge in [0.15, 0.2) is 0 Å². The molecule has 0 unspecified atom stereocenters. The number of carbonyl (C=O) groups is 1. The van der Waals surface area contributed by atoms with Crippen LogP contribution in [0.5, 0.6) is 0 Å². The summed E-state index contributed by atoms with van der Waals surface area (Å²) < 4.78 is 1.83. The highest BCUT2D eigenvalue weighted by Gasteiger charge is 2.53. The van der Waals surface area contributed by atoms with Crippen molar-refractivity contribution < 1.29 is 9.90 Å². The molecule has 1 N–H and O–H groups in total. The van der Waals surface area contributed by atoms with Crippen LogP contribution in [0.25, 0.3) is 5.65 Å². The number of aromatic nitrogens is 2. The lowest BCUT2D eigenvalue weighted by Gasteiger charge is -2.46. The summed E-state index contributed by atoms with van der Waals surface area (Å²) in [5, 5.41) is 10.2. The predicted molar refractivity (Wildman–Crippen MR) is 68.8 cm³/mol. The molecular formula is C14H15N3O2. The average Bonchev–Trinajstić information content (AvgIpc) is 3.13. The molecule has 19 heavy (non-hydrogen) atoms. The third-order valence-corrected chi connectivity index (χ3v) is 4.14. The summed E-state index contributed by atoms with van der Waals surface area (Å²) in [6, 6.07) is 5.66. The minimum absolute atomic E-state index is 0.0889. The molecule has 5 nitrogen and oxygen atoms in total. The Morgan fingerprint density at radius 2 is 2.16 bits per heavy atom. The number of amides is 1. The number of hydrogen-bond donors (Lipinski definition) is 1. The van der Waals surface area contributed by atoms with Gasteiger partial charge in [-0.3, -0.25) is 4.79 Å². The Hall–Kier alpha value is -1.88. The molecule has 0 aromatic carbocycles. The molecule has 5 heteroatoms. The SMILES string of the molecule is O=C(c1cn2ccccc2n1)N1CC(O)(C2CC2)C1. The summed E-state index contributed by atoms with van der Waals surface area (Å²) in [4.78, 5) is 18.3. The van der Waals surface area contributed by atoms with Gasteiger partial charge in [0.2, 0.25) is 0 Å². The van der Waals surface area contributed by atoms with Gasteiger partial charge >= 0.3 is 0 Å². The monoisotopic (exact) mass is 257 g/mol. The van der Waals surface area contributed by atoms with Gasteiger partial charge in [-0.1, -0.05) is 6.07 Å². The van der Waals surface area contributed by atoms with E-state index in [2.05, 4.69) is 4.98 Å². The number of likely N-dealkylation sites (tertiary alicyclic amines) is 1. The molecule has 1 aliphatic heterocycles. The van der Waals surface area contributed by atoms with Crippen LogP contribution in [0, 0.1) is 5.92 Å². The topological polar surface area (TPSA) is 57.8 Å². The maximum Gasteiger partial charge on any atom is 0.274 e. The molecule has 98 valence electrons. The van der Waals surface area contributed by atoms with Crippen molar-refractivity contribution >= 4 is 11.6 Å². The van der Waals surface area contributed by atoms with Crippen LogP contribution in [0.4, 0.5) is 0 Å². The molecule has 2 aliphatic rings. The Bertz CT molecular complexity index is 621. The number of aliphatic hydroxyl groups is 1. The number of imidazole rings is 1. The van der Waals surface area contributed by atoms with Crippen LogP contribution in [0.15, 0.2) is 30.6 Å². The molecule has 1 saturated heterocycles. The zero-order chi connectivity index (χ0) is 13.0. The van der Waals surface area contributed by atoms with E-state index in [-0.39, 0.29) is 5.91 Å². The molecular weight excluding hydrogens is 242 g/mol. The number of rotatable bonds is 2. The van der Waals surface area contributed by atoms with Crippen molar-refractivity contribution in [2.75, 3.05) is 13.1 Å². The van der Waals surface area contributed by atoms with E-state index in [0.29, 0.717) is 24.7 Å². The zero-order valence-corrected chi connectivity index (χ0v) is 10.5. The van der Waals surface area contributed by atoms with E-state index in [9.17, 15) is 9.90 Å². The minimum Gasteiger partial charge on any atom is -0.386 e. The number of pyridine rings is 1. The van der Waals surface area contributed by atoms with E-state index >= 15 is 0 Å². The Balaban J connectivity index is 1.54. The fourth-order valence-electron chi connectivity index (χ4n) is 2.84. The number of hydrogen-bond acceptors (Lipinski definition) is 3. The van der Waals surface area contributed by atoms with Gasteiger partial charge in [0.05, 0.1) is 13.1 Å². The Kier molecular flexibility index (Phi) is 2.07. The maximum atomic E-state index is 12.3. The molecule has 3 heterocycles. The van der Waals surface area contributed by atoms with E-state index in [1.165, 1.54) is 0 Å². The van der Waals surface area contributed by atoms with Gasteiger partial charge in [0.25, 0.3) is 5.91 Å². The molecule has 2 aromatic heterocycles. The van der Waals surface area contributed by atoms with Crippen molar-refractivity contribution in [2.24, 2.45) is 5.92 Å². The van der Waals surface area contributed by atoms with Gasteiger partial charge in [-0.05, 0) is 30.9 Å². The van der Waals surface area contributed by atoms with Gasteiger partial charge in [0.1, 0.15) is 16.9 Å². The largest absolute Gasteiger partial charge is 0.386 e. The lowest BCUT2D eigenvalue weighted by atomic mass is 9.88. The summed E-state index contributed by atoms with van der Waals surface area (Å²) in [5.74, 6) is 0.312. The first-order valence-electron chi connectivity index (χ1n) is 6.61. The van der Waals surface area contributed by atoms with E-state index in [1.54, 1.807) is 11.1 Å². The Morgan fingerprint density at radius 1 is 1.37 bits per heavy atom. The lowest BCUT2D eigenvalue weighted by molar-refractivity contribution is -0.0959. The van der Waals surface area contributed by atoms with Gasteiger partial charge < -0.3 is 14.4 Å². The van der Waals surface area contributed by atoms with E-state index < -0.39 is 5.60 Å². The second kappa shape index (κ2) is 3.57. The number of nitrogens with zero attached hydrogens (tertiary/aromatic N) is 3. The number of carbonyl (C=O) groups excluding carboxylic acids is 1. The molecule has 1 amide bonds. The lowest BCUT2D eigenvalue weighted by Crippen LogP contribution is -2.64. The summed E-state index contributed by atoms with van der Waals surface area (Å²) in [7, 11) is 0. The standard InChI is InChI=1S/C14H15N3O2/c18-13(17-8-14(19,9-17)10-4-5-10)11-7-16-6-2-1-3-12(16)15-11/h1-3,6-7,10,19H,4-5,8-9H2. The van der Waals surface area contributed by atoms with Crippen LogP contribution < -0.4 is 0 Å². The second-order valence-electron chi connectivity index (χ2n) is 5.63. The third kappa shape index (κ3) is 1.65. The highest BCUT2D eigenvalue weighted by atomic mass is 16.3. The molecule has 1 saturated carbocycles. The highest BCUT2D eigenvalue weighted by molar-refractivity contribution is 5.93. The summed E-state index contributed by atoms with van der Waals surface area (Å²) in [5.41, 5.74) is 0.585. The van der Waals surface area contributed by atoms with E-state index in [1.807, 2.05) is 28.8 Å². The molecule has 2 aromatic rings. The van der Waals surface area contributed by atoms with Crippen molar-refractivity contribution in [1.29, 1.82) is 0 Å². The van der Waals surface area contributed by atoms with Crippen molar-refractivity contribution in [3.63, 3.8) is 0 Å². The normalized spacial score (nSPS) is 21.4. The van der Waals surface area contributed by atoms with Gasteiger partial charge in [-0.25, -0.2) is 4.98 Å². The minimum atomic E-state index is -0.630. The molecule has 4 rings (SSSR count). The van der Waals surface area contributed by atoms with Gasteiger partial charge in [-0.2, -0.15) is 0 Å². The van der Waals surface area contributed by atoms with Gasteiger partial charge in [-0.15, -0.1) is 0 Å². The van der Waals surface area contributed by atoms with E-state index in [4.69, 9.17) is 0 Å². The smallest absolute Gasteiger partial charge is 0.274 e. The molecule has 0 spiro atoms. The first-order valence-corrected chi connectivity index (χ1v) is 6.61. The summed E-state index contributed by atoms with van der Waals surface area (Å²) in [6.45, 7) is 0.898. The van der Waals surface area contributed by atoms with Crippen LogP contribution in [0.3, 0.4) is 0 Å². The fourth-order valence-corrected chi connectivity index (χ4v) is 2.84. The fraction of sp³-hybridized carbons (Fsp3) is 0.429. The molecule has 1 aliphatic carbocycles. The van der Waals surface area contributed by atoms with Crippen molar-refractivity contribution in [2.45, 2.75) is 18.4 Å². The van der Waals surface area contributed by atoms with Crippen LogP contribution >= 0.6 is 0 Å². The first kappa shape index (κ1) is 11.0. The molecule has 0 atom stereocenters. The van der Waals surface area contributed by atoms with Crippen molar-refractivity contribution in [3.8, 4) is 0 Å². The van der Waals surface area contributed by atoms with Crippen LogP contribution in [-0.4, -0.2) is 44.0 Å². The summed E-state index contributed by atoms with van der Waals surface area (Å²) >= 11 is 0. The average molecular weight is 257 g/mol. The molecule has 0 radical (unpaired) electrons. The summed E-state index contributed by atoms with van der Waals surface area (Å²) in [6.07, 6.45) is 5.79. The van der Waals surface area contributed by atoms with Crippen LogP contribution in [0.2, 0.25) is 0 Å². The Morgan fingerprint density at radius 3 is 2.84 bits per heavy atom. The highest BCUT2D eigenvalue weighted by Crippen LogP contribution is 2.44. The quantitative estimate of drug-likeness (QED) is 0.870. The first-order chi connectivity index (χ1) is 9.16. The number of β-amino-alcohol motifs (C(OH)–C–C–N with tert-alkyl or cyclic N) is 1. The van der Waals surface area contributed by atoms with Crippen molar-refractivity contribution in [1.82, 2.24) is 14.3 Å². The number of fused-ring (bicyclic) bond motifs is 1. The Labute approximate surface area is 110 Å². The third-order valence-electron chi connectivity index (χ3n) is 4.14. The van der Waals surface area contributed by atoms with Gasteiger partial charge in [0, 0.05) is 12.4 Å². The zero-order valence-electron chi connectivity index (χ0n) is 10.5. The second-order valence-corrected chi connectivity index (χ2v) is 5.63. The molecule has 0 bridgehead atoms. The predicted octanol–water partition coefficient (Wildman–Crippen LogP) is 0.931.